The van der Waals surface area contributed by atoms with Gasteiger partial charge in [-0.25, -0.2) is 0 Å². The van der Waals surface area contributed by atoms with Gasteiger partial charge in [0, 0.05) is 17.7 Å². The molecule has 0 aliphatic rings. The Morgan fingerprint density at radius 2 is 1.77 bits per heavy atom. The van der Waals surface area contributed by atoms with Crippen molar-refractivity contribution in [2.45, 2.75) is 71.5 Å². The number of nitrogens with one attached hydrogen (secondary N) is 1. The van der Waals surface area contributed by atoms with Crippen LogP contribution in [0.5, 0.6) is 0 Å². The number of hydrogen-bond acceptors (Lipinski definition) is 5. The minimum Gasteiger partial charge on any atom is -0.480 e. The van der Waals surface area contributed by atoms with E-state index in [9.17, 15) is 9.59 Å². The highest BCUT2D eigenvalue weighted by Gasteiger charge is 2.18. The second-order valence-corrected chi connectivity index (χ2v) is 7.45. The van der Waals surface area contributed by atoms with E-state index in [4.69, 9.17) is 10.8 Å². The van der Waals surface area contributed by atoms with Crippen LogP contribution in [0, 0.1) is 5.92 Å². The van der Waals surface area contributed by atoms with Gasteiger partial charge in [0.25, 0.3) is 0 Å². The third kappa shape index (κ3) is 10.2. The largest absolute Gasteiger partial charge is 0.480 e. The number of nitrogens with two attached hydrogens (primary N) is 1. The molecule has 0 rings (SSSR count). The maximum atomic E-state index is 11.6. The van der Waals surface area contributed by atoms with Crippen molar-refractivity contribution in [1.29, 1.82) is 0 Å². The number of carboxylic acid groups (broad SMARTS) is 1. The van der Waals surface area contributed by atoms with Crippen LogP contribution in [0.1, 0.15) is 53.4 Å². The van der Waals surface area contributed by atoms with Gasteiger partial charge in [0.2, 0.25) is 0 Å². The van der Waals surface area contributed by atoms with Crippen molar-refractivity contribution >= 4 is 23.5 Å². The van der Waals surface area contributed by atoms with E-state index >= 15 is 0 Å². The molecule has 0 aromatic rings. The van der Waals surface area contributed by atoms with Crippen molar-refractivity contribution in [2.75, 3.05) is 11.5 Å². The fourth-order valence-corrected chi connectivity index (χ4v) is 3.16. The number of carboxylic acids is 1. The minimum absolute atomic E-state index is 0.00645. The van der Waals surface area contributed by atoms with Crippen LogP contribution in [0.25, 0.3) is 0 Å². The zero-order valence-electron chi connectivity index (χ0n) is 14.3. The summed E-state index contributed by atoms with van der Waals surface area (Å²) in [6, 6.07) is -0.650. The van der Waals surface area contributed by atoms with E-state index in [1.165, 1.54) is 0 Å². The van der Waals surface area contributed by atoms with Crippen molar-refractivity contribution in [3.63, 3.8) is 0 Å². The Hall–Kier alpha value is -0.590. The summed E-state index contributed by atoms with van der Waals surface area (Å²) < 4.78 is 0. The molecule has 0 aromatic carbocycles. The number of carbonyl (C=O) groups is 2. The molecule has 0 saturated heterocycles. The van der Waals surface area contributed by atoms with E-state index in [-0.39, 0.29) is 23.8 Å². The Balaban J connectivity index is 3.68. The molecule has 2 unspecified atom stereocenters. The van der Waals surface area contributed by atoms with Crippen molar-refractivity contribution in [1.82, 2.24) is 5.32 Å². The fraction of sp³-hybridized carbons (Fsp3) is 0.875. The lowest BCUT2D eigenvalue weighted by Crippen LogP contribution is -2.42. The molecule has 0 spiro atoms. The molecule has 5 nitrogen and oxygen atoms in total. The first-order valence-electron chi connectivity index (χ1n) is 8.11. The number of unbranched alkanes of at least 4 members (excludes halogenated alkanes) is 2. The van der Waals surface area contributed by atoms with Gasteiger partial charge in [0.05, 0.1) is 6.04 Å². The monoisotopic (exact) mass is 332 g/mol. The molecule has 0 bridgehead atoms. The van der Waals surface area contributed by atoms with E-state index in [2.05, 4.69) is 5.32 Å². The Morgan fingerprint density at radius 1 is 1.14 bits per heavy atom. The Morgan fingerprint density at radius 3 is 2.27 bits per heavy atom. The van der Waals surface area contributed by atoms with Crippen LogP contribution in [-0.4, -0.2) is 46.5 Å². The molecule has 22 heavy (non-hydrogen) atoms. The highest BCUT2D eigenvalue weighted by molar-refractivity contribution is 7.99. The minimum atomic E-state index is -0.792. The summed E-state index contributed by atoms with van der Waals surface area (Å²) in [5, 5.41) is 12.1. The van der Waals surface area contributed by atoms with Gasteiger partial charge in [-0.3, -0.25) is 9.59 Å². The first-order chi connectivity index (χ1) is 10.3. The highest BCUT2D eigenvalue weighted by atomic mass is 32.2. The normalized spacial score (nSPS) is 14.3. The zero-order chi connectivity index (χ0) is 17.1. The quantitative estimate of drug-likeness (QED) is 0.448. The maximum absolute atomic E-state index is 11.6. The second-order valence-electron chi connectivity index (χ2n) is 6.30. The van der Waals surface area contributed by atoms with Crippen molar-refractivity contribution < 1.29 is 14.7 Å². The molecule has 0 heterocycles. The maximum Gasteiger partial charge on any atom is 0.321 e. The summed E-state index contributed by atoms with van der Waals surface area (Å²) in [4.78, 5) is 22.7. The summed E-state index contributed by atoms with van der Waals surface area (Å²) in [6.45, 7) is 7.65. The number of rotatable bonds is 13. The average molecular weight is 333 g/mol. The average Bonchev–Trinajstić information content (AvgIpc) is 2.43. The van der Waals surface area contributed by atoms with Crippen LogP contribution >= 0.6 is 11.8 Å². The number of Topliss-reactive ketones (excluding diaryl/α,β-unsaturated/α-hetero) is 1. The third-order valence-electron chi connectivity index (χ3n) is 3.36. The summed E-state index contributed by atoms with van der Waals surface area (Å²) in [6.07, 6.45) is 3.75. The third-order valence-corrected chi connectivity index (χ3v) is 4.50. The number of thioether (sulfide) groups is 1. The molecule has 2 atom stereocenters. The Labute approximate surface area is 138 Å². The molecule has 0 aromatic heterocycles. The first kappa shape index (κ1) is 21.4. The lowest BCUT2D eigenvalue weighted by molar-refractivity contribution is -0.139. The topological polar surface area (TPSA) is 92.4 Å². The molecule has 0 saturated carbocycles. The Kier molecular flexibility index (Phi) is 11.6. The molecule has 0 aliphatic heterocycles. The van der Waals surface area contributed by atoms with Gasteiger partial charge < -0.3 is 16.2 Å². The van der Waals surface area contributed by atoms with E-state index in [1.807, 2.05) is 27.7 Å². The molecule has 0 amide bonds. The first-order valence-corrected chi connectivity index (χ1v) is 9.27. The summed E-state index contributed by atoms with van der Waals surface area (Å²) in [5.41, 5.74) is 5.85. The lowest BCUT2D eigenvalue weighted by Gasteiger charge is -2.16. The number of ketones is 1. The molecule has 4 N–H and O–H groups in total. The predicted octanol–water partition coefficient (Wildman–Crippen LogP) is 2.28. The van der Waals surface area contributed by atoms with Gasteiger partial charge >= 0.3 is 5.97 Å². The highest BCUT2D eigenvalue weighted by Crippen LogP contribution is 2.11. The Bertz CT molecular complexity index is 335. The summed E-state index contributed by atoms with van der Waals surface area (Å²) in [7, 11) is 0. The van der Waals surface area contributed by atoms with Crippen molar-refractivity contribution in [3.05, 3.63) is 0 Å². The van der Waals surface area contributed by atoms with Crippen LogP contribution in [0.15, 0.2) is 0 Å². The summed E-state index contributed by atoms with van der Waals surface area (Å²) in [5.74, 6) is 0.875. The van der Waals surface area contributed by atoms with Crippen molar-refractivity contribution in [3.8, 4) is 0 Å². The van der Waals surface area contributed by atoms with Crippen LogP contribution in [-0.2, 0) is 9.59 Å². The molecule has 0 fully saturated rings. The van der Waals surface area contributed by atoms with Gasteiger partial charge in [-0.15, -0.1) is 0 Å². The second kappa shape index (κ2) is 11.9. The molecule has 130 valence electrons. The lowest BCUT2D eigenvalue weighted by atomic mass is 9.98. The van der Waals surface area contributed by atoms with E-state index < -0.39 is 12.0 Å². The SMILES string of the molecule is CC(C)NC(CSCCCCCC(N)C(=O)C(C)C)C(=O)O. The number of hydrogen-bond donors (Lipinski definition) is 3. The van der Waals surface area contributed by atoms with Crippen LogP contribution < -0.4 is 11.1 Å². The molecule has 0 radical (unpaired) electrons. The fourth-order valence-electron chi connectivity index (χ4n) is 2.11. The van der Waals surface area contributed by atoms with Gasteiger partial charge in [0.1, 0.15) is 6.04 Å². The standard InChI is InChI=1S/C16H32N2O3S/c1-11(2)15(19)13(17)8-6-5-7-9-22-10-14(16(20)21)18-12(3)4/h11-14,18H,5-10,17H2,1-4H3,(H,20,21). The molecule has 0 aliphatic carbocycles. The zero-order valence-corrected chi connectivity index (χ0v) is 15.1. The van der Waals surface area contributed by atoms with Crippen LogP contribution in [0.2, 0.25) is 0 Å². The van der Waals surface area contributed by atoms with Crippen LogP contribution in [0.4, 0.5) is 0 Å². The smallest absolute Gasteiger partial charge is 0.321 e. The van der Waals surface area contributed by atoms with Gasteiger partial charge in [-0.1, -0.05) is 40.5 Å². The summed E-state index contributed by atoms with van der Waals surface area (Å²) >= 11 is 1.66. The van der Waals surface area contributed by atoms with Gasteiger partial charge in [-0.2, -0.15) is 11.8 Å². The van der Waals surface area contributed by atoms with E-state index in [1.54, 1.807) is 11.8 Å². The van der Waals surface area contributed by atoms with Crippen molar-refractivity contribution in [2.24, 2.45) is 11.7 Å². The number of carbonyl (C=O) groups excluding carboxylic acids is 1. The molecule has 6 heteroatoms. The van der Waals surface area contributed by atoms with Gasteiger partial charge in [0.15, 0.2) is 5.78 Å². The number of aliphatic carboxylic acids is 1. The van der Waals surface area contributed by atoms with Gasteiger partial charge in [-0.05, 0) is 18.6 Å². The van der Waals surface area contributed by atoms with Crippen LogP contribution in [0.3, 0.4) is 0 Å². The van der Waals surface area contributed by atoms with E-state index in [0.29, 0.717) is 5.75 Å². The predicted molar refractivity (Wildman–Crippen MR) is 93.3 cm³/mol. The molecular formula is C16H32N2O3S. The molecular weight excluding hydrogens is 300 g/mol. The van der Waals surface area contributed by atoms with E-state index in [0.717, 1.165) is 31.4 Å².